The molecule has 2 nitrogen and oxygen atoms in total. The molecule has 0 aromatic heterocycles. The Morgan fingerprint density at radius 2 is 1.93 bits per heavy atom. The summed E-state index contributed by atoms with van der Waals surface area (Å²) in [5.41, 5.74) is 1.21. The Bertz CT molecular complexity index is 316. The summed E-state index contributed by atoms with van der Waals surface area (Å²) in [7, 11) is 1.73. The molecule has 1 aliphatic rings. The van der Waals surface area contributed by atoms with E-state index in [9.17, 15) is 0 Å². The van der Waals surface area contributed by atoms with E-state index in [1.165, 1.54) is 18.5 Å². The van der Waals surface area contributed by atoms with Crippen molar-refractivity contribution >= 4 is 5.69 Å². The standard InChI is InChI=1S/C13H18NO/c1-11-7-9-14(10-8-11)12-5-3-4-6-13(12)15-2/h3-6,11H,1,7-10H2,2H3. The third-order valence-electron chi connectivity index (χ3n) is 3.04. The predicted molar refractivity (Wildman–Crippen MR) is 63.3 cm³/mol. The van der Waals surface area contributed by atoms with Crippen molar-refractivity contribution in [1.29, 1.82) is 0 Å². The van der Waals surface area contributed by atoms with Crippen molar-refractivity contribution in [1.82, 2.24) is 0 Å². The van der Waals surface area contributed by atoms with Gasteiger partial charge in [-0.3, -0.25) is 0 Å². The fourth-order valence-corrected chi connectivity index (χ4v) is 2.06. The minimum Gasteiger partial charge on any atom is -0.495 e. The monoisotopic (exact) mass is 204 g/mol. The van der Waals surface area contributed by atoms with Crippen molar-refractivity contribution in [3.05, 3.63) is 31.2 Å². The maximum absolute atomic E-state index is 5.37. The third-order valence-corrected chi connectivity index (χ3v) is 3.04. The molecule has 1 heterocycles. The van der Waals surface area contributed by atoms with Crippen LogP contribution in [0.1, 0.15) is 12.8 Å². The van der Waals surface area contributed by atoms with Crippen LogP contribution in [0.2, 0.25) is 0 Å². The number of hydrogen-bond donors (Lipinski definition) is 0. The Morgan fingerprint density at radius 3 is 2.60 bits per heavy atom. The van der Waals surface area contributed by atoms with Gasteiger partial charge in [-0.25, -0.2) is 0 Å². The molecular formula is C13H18NO. The van der Waals surface area contributed by atoms with Crippen LogP contribution in [0.3, 0.4) is 0 Å². The normalized spacial score (nSPS) is 17.9. The number of anilines is 1. The second-order valence-corrected chi connectivity index (χ2v) is 4.10. The van der Waals surface area contributed by atoms with Gasteiger partial charge in [0.05, 0.1) is 12.8 Å². The topological polar surface area (TPSA) is 12.5 Å². The Labute approximate surface area is 91.9 Å². The van der Waals surface area contributed by atoms with Gasteiger partial charge in [-0.05, 0) is 30.9 Å². The molecule has 81 valence electrons. The number of nitrogens with zero attached hydrogens (tertiary/aromatic N) is 1. The number of rotatable bonds is 2. The van der Waals surface area contributed by atoms with Gasteiger partial charge in [0.1, 0.15) is 5.75 Å². The van der Waals surface area contributed by atoms with Gasteiger partial charge in [0.2, 0.25) is 0 Å². The van der Waals surface area contributed by atoms with Gasteiger partial charge < -0.3 is 9.64 Å². The first-order valence-electron chi connectivity index (χ1n) is 5.52. The van der Waals surface area contributed by atoms with Crippen LogP contribution in [0.5, 0.6) is 5.75 Å². The molecule has 0 N–H and O–H groups in total. The van der Waals surface area contributed by atoms with Crippen LogP contribution < -0.4 is 9.64 Å². The largest absolute Gasteiger partial charge is 0.495 e. The predicted octanol–water partition coefficient (Wildman–Crippen LogP) is 2.75. The summed E-state index contributed by atoms with van der Waals surface area (Å²) in [4.78, 5) is 2.39. The van der Waals surface area contributed by atoms with Crippen LogP contribution in [0.4, 0.5) is 5.69 Å². The number of benzene rings is 1. The smallest absolute Gasteiger partial charge is 0.142 e. The third kappa shape index (κ3) is 2.25. The summed E-state index contributed by atoms with van der Waals surface area (Å²) in [5, 5.41) is 0. The molecule has 0 bridgehead atoms. The van der Waals surface area contributed by atoms with Gasteiger partial charge in [-0.2, -0.15) is 0 Å². The minimum atomic E-state index is 0.621. The molecule has 15 heavy (non-hydrogen) atoms. The zero-order chi connectivity index (χ0) is 10.7. The van der Waals surface area contributed by atoms with E-state index in [2.05, 4.69) is 24.0 Å². The zero-order valence-electron chi connectivity index (χ0n) is 9.28. The van der Waals surface area contributed by atoms with E-state index in [0.29, 0.717) is 5.92 Å². The number of methoxy groups -OCH3 is 1. The molecule has 1 radical (unpaired) electrons. The van der Waals surface area contributed by atoms with Crippen LogP contribution >= 0.6 is 0 Å². The average Bonchev–Trinajstić information content (AvgIpc) is 2.30. The molecular weight excluding hydrogens is 186 g/mol. The Morgan fingerprint density at radius 1 is 1.27 bits per heavy atom. The molecule has 0 spiro atoms. The molecule has 1 saturated heterocycles. The highest BCUT2D eigenvalue weighted by molar-refractivity contribution is 5.58. The fourth-order valence-electron chi connectivity index (χ4n) is 2.06. The van der Waals surface area contributed by atoms with Crippen LogP contribution in [0, 0.1) is 12.8 Å². The van der Waals surface area contributed by atoms with Gasteiger partial charge >= 0.3 is 0 Å². The van der Waals surface area contributed by atoms with Crippen LogP contribution in [0.25, 0.3) is 0 Å². The molecule has 1 aromatic rings. The second kappa shape index (κ2) is 4.56. The summed E-state index contributed by atoms with van der Waals surface area (Å²) in [5.74, 6) is 1.59. The van der Waals surface area contributed by atoms with Crippen molar-refractivity contribution in [2.24, 2.45) is 5.92 Å². The summed E-state index contributed by atoms with van der Waals surface area (Å²) in [6, 6.07) is 8.22. The van der Waals surface area contributed by atoms with Gasteiger partial charge in [-0.1, -0.05) is 19.1 Å². The van der Waals surface area contributed by atoms with E-state index < -0.39 is 0 Å². The number of piperidine rings is 1. The van der Waals surface area contributed by atoms with Crippen molar-refractivity contribution < 1.29 is 4.74 Å². The van der Waals surface area contributed by atoms with Crippen molar-refractivity contribution in [2.45, 2.75) is 12.8 Å². The molecule has 1 fully saturated rings. The summed E-state index contributed by atoms with van der Waals surface area (Å²) < 4.78 is 5.37. The summed E-state index contributed by atoms with van der Waals surface area (Å²) in [6.45, 7) is 6.29. The maximum Gasteiger partial charge on any atom is 0.142 e. The highest BCUT2D eigenvalue weighted by Crippen LogP contribution is 2.30. The van der Waals surface area contributed by atoms with E-state index in [-0.39, 0.29) is 0 Å². The Balaban J connectivity index is 2.15. The van der Waals surface area contributed by atoms with E-state index >= 15 is 0 Å². The van der Waals surface area contributed by atoms with Gasteiger partial charge in [0, 0.05) is 13.1 Å². The number of ether oxygens (including phenoxy) is 1. The summed E-state index contributed by atoms with van der Waals surface area (Å²) >= 11 is 0. The highest BCUT2D eigenvalue weighted by Gasteiger charge is 2.18. The lowest BCUT2D eigenvalue weighted by molar-refractivity contribution is 0.409. The molecule has 2 heteroatoms. The lowest BCUT2D eigenvalue weighted by Gasteiger charge is -2.32. The van der Waals surface area contributed by atoms with E-state index in [0.717, 1.165) is 18.8 Å². The molecule has 2 rings (SSSR count). The molecule has 1 aliphatic heterocycles. The lowest BCUT2D eigenvalue weighted by atomic mass is 9.99. The minimum absolute atomic E-state index is 0.621. The first-order chi connectivity index (χ1) is 7.31. The molecule has 0 amide bonds. The zero-order valence-corrected chi connectivity index (χ0v) is 9.28. The molecule has 1 aromatic carbocycles. The van der Waals surface area contributed by atoms with Gasteiger partial charge in [0.15, 0.2) is 0 Å². The van der Waals surface area contributed by atoms with Crippen molar-refractivity contribution in [2.75, 3.05) is 25.1 Å². The fraction of sp³-hybridized carbons (Fsp3) is 0.462. The van der Waals surface area contributed by atoms with Crippen molar-refractivity contribution in [3.8, 4) is 5.75 Å². The Kier molecular flexibility index (Phi) is 3.14. The molecule has 0 unspecified atom stereocenters. The average molecular weight is 204 g/mol. The number of para-hydroxylation sites is 2. The first-order valence-corrected chi connectivity index (χ1v) is 5.52. The van der Waals surface area contributed by atoms with Crippen molar-refractivity contribution in [3.63, 3.8) is 0 Å². The number of hydrogen-bond acceptors (Lipinski definition) is 2. The summed E-state index contributed by atoms with van der Waals surface area (Å²) in [6.07, 6.45) is 2.36. The quantitative estimate of drug-likeness (QED) is 0.734. The van der Waals surface area contributed by atoms with Crippen LogP contribution in [-0.2, 0) is 0 Å². The first kappa shape index (κ1) is 10.3. The SMILES string of the molecule is [CH2]C1CCN(c2ccccc2OC)CC1. The molecule has 0 saturated carbocycles. The van der Waals surface area contributed by atoms with E-state index in [1.54, 1.807) is 7.11 Å². The maximum atomic E-state index is 5.37. The highest BCUT2D eigenvalue weighted by atomic mass is 16.5. The Hall–Kier alpha value is -1.18. The van der Waals surface area contributed by atoms with E-state index in [4.69, 9.17) is 4.74 Å². The molecule has 0 aliphatic carbocycles. The lowest BCUT2D eigenvalue weighted by Crippen LogP contribution is -2.33. The van der Waals surface area contributed by atoms with Crippen LogP contribution in [-0.4, -0.2) is 20.2 Å². The van der Waals surface area contributed by atoms with Crippen LogP contribution in [0.15, 0.2) is 24.3 Å². The van der Waals surface area contributed by atoms with Gasteiger partial charge in [-0.15, -0.1) is 0 Å². The van der Waals surface area contributed by atoms with Gasteiger partial charge in [0.25, 0.3) is 0 Å². The second-order valence-electron chi connectivity index (χ2n) is 4.10. The molecule has 0 atom stereocenters. The van der Waals surface area contributed by atoms with E-state index in [1.807, 2.05) is 12.1 Å².